The quantitative estimate of drug-likeness (QED) is 0.503. The second-order valence-corrected chi connectivity index (χ2v) is 2.74. The molecule has 0 bridgehead atoms. The average Bonchev–Trinajstić information content (AvgIpc) is 2.39. The minimum atomic E-state index is -2.51. The van der Waals surface area contributed by atoms with Crippen molar-refractivity contribution >= 4 is 11.9 Å². The number of rotatable bonds is 5. The van der Waals surface area contributed by atoms with Crippen LogP contribution in [0.1, 0.15) is 0 Å². The van der Waals surface area contributed by atoms with Gasteiger partial charge in [0, 0.05) is 6.54 Å². The number of nitrogens with one attached hydrogen (secondary N) is 1. The number of amides is 3. The number of ether oxygens (including phenoxy) is 1. The Hall–Kier alpha value is -1.24. The topological polar surface area (TPSA) is 58.6 Å². The van der Waals surface area contributed by atoms with Gasteiger partial charge in [-0.25, -0.2) is 13.6 Å². The largest absolute Gasteiger partial charge is 0.374 e. The van der Waals surface area contributed by atoms with Crippen molar-refractivity contribution in [3.8, 4) is 0 Å². The molecule has 5 nitrogen and oxygen atoms in total. The second kappa shape index (κ2) is 4.85. The van der Waals surface area contributed by atoms with Crippen LogP contribution in [-0.4, -0.2) is 49.6 Å². The Morgan fingerprint density at radius 2 is 2.21 bits per heavy atom. The summed E-state index contributed by atoms with van der Waals surface area (Å²) >= 11 is 0. The van der Waals surface area contributed by atoms with Crippen molar-refractivity contribution in [2.75, 3.05) is 26.3 Å². The molecule has 0 radical (unpaired) electrons. The van der Waals surface area contributed by atoms with Crippen molar-refractivity contribution in [1.29, 1.82) is 0 Å². The third-order valence-electron chi connectivity index (χ3n) is 1.62. The van der Waals surface area contributed by atoms with Crippen LogP contribution in [-0.2, 0) is 9.53 Å². The second-order valence-electron chi connectivity index (χ2n) is 2.74. The highest BCUT2D eigenvalue weighted by atomic mass is 19.3. The van der Waals surface area contributed by atoms with Gasteiger partial charge in [-0.1, -0.05) is 0 Å². The zero-order valence-corrected chi connectivity index (χ0v) is 7.33. The minimum Gasteiger partial charge on any atom is -0.374 e. The number of nitrogens with zero attached hydrogens (tertiary/aromatic N) is 1. The summed E-state index contributed by atoms with van der Waals surface area (Å²) in [5, 5.41) is 2.06. The van der Waals surface area contributed by atoms with Crippen molar-refractivity contribution in [3.05, 3.63) is 0 Å². The molecule has 0 spiro atoms. The van der Waals surface area contributed by atoms with Crippen LogP contribution in [0.15, 0.2) is 0 Å². The summed E-state index contributed by atoms with van der Waals surface area (Å²) in [6.07, 6.45) is -2.51. The molecule has 1 saturated heterocycles. The maximum Gasteiger partial charge on any atom is 0.324 e. The van der Waals surface area contributed by atoms with Crippen LogP contribution in [0, 0.1) is 0 Å². The lowest BCUT2D eigenvalue weighted by Crippen LogP contribution is -2.31. The first-order chi connectivity index (χ1) is 6.59. The third-order valence-corrected chi connectivity index (χ3v) is 1.62. The fourth-order valence-corrected chi connectivity index (χ4v) is 1.01. The molecule has 0 aliphatic carbocycles. The molecule has 0 unspecified atom stereocenters. The van der Waals surface area contributed by atoms with Gasteiger partial charge in [0.05, 0.1) is 6.61 Å². The summed E-state index contributed by atoms with van der Waals surface area (Å²) in [6.45, 7) is -0.532. The van der Waals surface area contributed by atoms with E-state index in [9.17, 15) is 18.4 Å². The monoisotopic (exact) mass is 208 g/mol. The zero-order chi connectivity index (χ0) is 10.6. The number of hydrogen-bond acceptors (Lipinski definition) is 3. The molecule has 1 heterocycles. The van der Waals surface area contributed by atoms with Crippen LogP contribution < -0.4 is 5.32 Å². The Bertz CT molecular complexity index is 235. The molecule has 0 aromatic rings. The van der Waals surface area contributed by atoms with Gasteiger partial charge in [-0.15, -0.1) is 0 Å². The first kappa shape index (κ1) is 10.8. The van der Waals surface area contributed by atoms with Crippen LogP contribution >= 0.6 is 0 Å². The number of imide groups is 1. The Kier molecular flexibility index (Phi) is 3.75. The highest BCUT2D eigenvalue weighted by Gasteiger charge is 2.25. The predicted molar refractivity (Wildman–Crippen MR) is 41.9 cm³/mol. The van der Waals surface area contributed by atoms with Crippen LogP contribution in [0.4, 0.5) is 13.6 Å². The fourth-order valence-electron chi connectivity index (χ4n) is 1.01. The summed E-state index contributed by atoms with van der Waals surface area (Å²) < 4.78 is 27.8. The Labute approximate surface area is 79.0 Å². The fraction of sp³-hybridized carbons (Fsp3) is 0.714. The molecule has 1 N–H and O–H groups in total. The van der Waals surface area contributed by atoms with Gasteiger partial charge in [0.25, 0.3) is 6.43 Å². The zero-order valence-electron chi connectivity index (χ0n) is 7.33. The van der Waals surface area contributed by atoms with Crippen molar-refractivity contribution in [2.24, 2.45) is 0 Å². The molecular weight excluding hydrogens is 198 g/mol. The normalized spacial score (nSPS) is 16.6. The highest BCUT2D eigenvalue weighted by molar-refractivity contribution is 6.01. The van der Waals surface area contributed by atoms with Gasteiger partial charge in [0.15, 0.2) is 0 Å². The number of carbonyl (C=O) groups is 2. The van der Waals surface area contributed by atoms with Crippen LogP contribution in [0.25, 0.3) is 0 Å². The molecule has 1 rings (SSSR count). The molecule has 80 valence electrons. The van der Waals surface area contributed by atoms with Crippen molar-refractivity contribution in [3.63, 3.8) is 0 Å². The maximum absolute atomic E-state index is 11.6. The summed E-state index contributed by atoms with van der Waals surface area (Å²) in [5.74, 6) is -0.385. The van der Waals surface area contributed by atoms with Gasteiger partial charge in [-0.2, -0.15) is 0 Å². The molecule has 1 aliphatic rings. The van der Waals surface area contributed by atoms with E-state index >= 15 is 0 Å². The van der Waals surface area contributed by atoms with E-state index in [2.05, 4.69) is 10.1 Å². The van der Waals surface area contributed by atoms with E-state index in [1.165, 1.54) is 4.90 Å². The molecule has 3 amide bonds. The molecule has 0 atom stereocenters. The van der Waals surface area contributed by atoms with Crippen LogP contribution in [0.2, 0.25) is 0 Å². The number of halogens is 2. The average molecular weight is 208 g/mol. The number of carbonyl (C=O) groups excluding carboxylic acids is 2. The van der Waals surface area contributed by atoms with Gasteiger partial charge in [0.1, 0.15) is 13.2 Å². The first-order valence-corrected chi connectivity index (χ1v) is 4.04. The van der Waals surface area contributed by atoms with Crippen LogP contribution in [0.3, 0.4) is 0 Å². The van der Waals surface area contributed by atoms with Gasteiger partial charge in [-0.05, 0) is 0 Å². The summed E-state index contributed by atoms with van der Waals surface area (Å²) in [7, 11) is 0. The summed E-state index contributed by atoms with van der Waals surface area (Å²) in [5.41, 5.74) is 0. The van der Waals surface area contributed by atoms with E-state index in [0.717, 1.165) is 0 Å². The highest BCUT2D eigenvalue weighted by Crippen LogP contribution is 1.98. The molecule has 1 fully saturated rings. The van der Waals surface area contributed by atoms with E-state index < -0.39 is 19.1 Å². The number of alkyl halides is 2. The summed E-state index contributed by atoms with van der Waals surface area (Å²) in [4.78, 5) is 22.8. The summed E-state index contributed by atoms with van der Waals surface area (Å²) in [6, 6.07) is -0.504. The van der Waals surface area contributed by atoms with E-state index in [4.69, 9.17) is 0 Å². The van der Waals surface area contributed by atoms with E-state index in [1.54, 1.807) is 0 Å². The van der Waals surface area contributed by atoms with E-state index in [-0.39, 0.29) is 25.6 Å². The lowest BCUT2D eigenvalue weighted by molar-refractivity contribution is -0.118. The van der Waals surface area contributed by atoms with Gasteiger partial charge < -0.3 is 9.64 Å². The Morgan fingerprint density at radius 1 is 1.50 bits per heavy atom. The molecule has 7 heteroatoms. The van der Waals surface area contributed by atoms with E-state index in [1.807, 2.05) is 0 Å². The van der Waals surface area contributed by atoms with Gasteiger partial charge >= 0.3 is 6.03 Å². The Morgan fingerprint density at radius 3 is 2.71 bits per heavy atom. The van der Waals surface area contributed by atoms with Crippen molar-refractivity contribution < 1.29 is 23.1 Å². The molecule has 0 aromatic heterocycles. The number of urea groups is 1. The van der Waals surface area contributed by atoms with Gasteiger partial charge in [-0.3, -0.25) is 10.1 Å². The van der Waals surface area contributed by atoms with Crippen molar-refractivity contribution in [2.45, 2.75) is 6.43 Å². The minimum absolute atomic E-state index is 0.00500. The Balaban J connectivity index is 2.13. The molecule has 1 aliphatic heterocycles. The molecular formula is C7H10F2N2O3. The third kappa shape index (κ3) is 3.25. The lowest BCUT2D eigenvalue weighted by atomic mass is 10.5. The molecule has 0 aromatic carbocycles. The predicted octanol–water partition coefficient (Wildman–Crippen LogP) is -0.180. The first-order valence-electron chi connectivity index (χ1n) is 4.04. The maximum atomic E-state index is 11.6. The van der Waals surface area contributed by atoms with E-state index in [0.29, 0.717) is 0 Å². The standard InChI is InChI=1S/C7H10F2N2O3/c8-5(9)4-14-2-1-11-3-6(12)10-7(11)13/h5H,1-4H2,(H,10,12,13). The van der Waals surface area contributed by atoms with Crippen molar-refractivity contribution in [1.82, 2.24) is 10.2 Å². The number of hydrogen-bond donors (Lipinski definition) is 1. The smallest absolute Gasteiger partial charge is 0.324 e. The van der Waals surface area contributed by atoms with Crippen LogP contribution in [0.5, 0.6) is 0 Å². The van der Waals surface area contributed by atoms with Gasteiger partial charge in [0.2, 0.25) is 5.91 Å². The SMILES string of the molecule is O=C1CN(CCOCC(F)F)C(=O)N1. The molecule has 14 heavy (non-hydrogen) atoms. The lowest BCUT2D eigenvalue weighted by Gasteiger charge is -2.12. The molecule has 0 saturated carbocycles.